The zero-order chi connectivity index (χ0) is 20.8. The Hall–Kier alpha value is -1.67. The first-order valence-corrected chi connectivity index (χ1v) is 10.2. The number of carbonyl (C=O) groups excluding carboxylic acids is 2. The van der Waals surface area contributed by atoms with Crippen LogP contribution >= 0.6 is 11.3 Å². The normalized spacial score (nSPS) is 14.0. The van der Waals surface area contributed by atoms with Gasteiger partial charge in [-0.25, -0.2) is 14.6 Å². The molecule has 0 bridgehead atoms. The summed E-state index contributed by atoms with van der Waals surface area (Å²) >= 11 is 1.21. The van der Waals surface area contributed by atoms with Gasteiger partial charge in [0.1, 0.15) is 16.7 Å². The third-order valence-electron chi connectivity index (χ3n) is 3.89. The zero-order valence-electron chi connectivity index (χ0n) is 17.3. The molecule has 1 amide bonds. The number of carbonyl (C=O) groups is 2. The van der Waals surface area contributed by atoms with E-state index in [9.17, 15) is 14.7 Å². The summed E-state index contributed by atoms with van der Waals surface area (Å²) in [5.41, 5.74) is -0.398. The molecule has 0 aliphatic rings. The van der Waals surface area contributed by atoms with Gasteiger partial charge in [0.2, 0.25) is 0 Å². The second-order valence-corrected chi connectivity index (χ2v) is 8.51. The van der Waals surface area contributed by atoms with Crippen LogP contribution in [0.25, 0.3) is 0 Å². The highest BCUT2D eigenvalue weighted by Gasteiger charge is 2.32. The van der Waals surface area contributed by atoms with Crippen molar-refractivity contribution in [3.63, 3.8) is 0 Å². The molecule has 8 heteroatoms. The second-order valence-electron chi connectivity index (χ2n) is 7.62. The highest BCUT2D eigenvalue weighted by atomic mass is 32.1. The molecule has 0 aliphatic carbocycles. The standard InChI is InChI=1S/C19H32N2O5S/c1-8-21(18(24)26-19(5,6)7)14(12(3)4)10-15(22)16-20-13(11-27-16)17(23)25-9-2/h11-12,14-15,22H,8-10H2,1-7H3. The van der Waals surface area contributed by atoms with Crippen LogP contribution in [0.4, 0.5) is 4.79 Å². The van der Waals surface area contributed by atoms with Crippen LogP contribution in [0.2, 0.25) is 0 Å². The Morgan fingerprint density at radius 1 is 1.30 bits per heavy atom. The highest BCUT2D eigenvalue weighted by Crippen LogP contribution is 2.28. The van der Waals surface area contributed by atoms with Gasteiger partial charge in [0.25, 0.3) is 0 Å². The number of thiazole rings is 1. The van der Waals surface area contributed by atoms with E-state index >= 15 is 0 Å². The number of rotatable bonds is 8. The van der Waals surface area contributed by atoms with Crippen LogP contribution in [0.1, 0.15) is 76.5 Å². The van der Waals surface area contributed by atoms with E-state index in [0.717, 1.165) is 0 Å². The van der Waals surface area contributed by atoms with E-state index in [0.29, 0.717) is 18.0 Å². The summed E-state index contributed by atoms with van der Waals surface area (Å²) in [6, 6.07) is -0.227. The van der Waals surface area contributed by atoms with Crippen molar-refractivity contribution in [2.24, 2.45) is 5.92 Å². The monoisotopic (exact) mass is 400 g/mol. The van der Waals surface area contributed by atoms with Gasteiger partial charge in [-0.3, -0.25) is 0 Å². The molecular weight excluding hydrogens is 368 g/mol. The van der Waals surface area contributed by atoms with Crippen molar-refractivity contribution in [2.75, 3.05) is 13.2 Å². The van der Waals surface area contributed by atoms with Crippen molar-refractivity contribution in [3.05, 3.63) is 16.1 Å². The lowest BCUT2D eigenvalue weighted by atomic mass is 9.96. The number of aliphatic hydroxyl groups is 1. The fraction of sp³-hybridized carbons (Fsp3) is 0.737. The van der Waals surface area contributed by atoms with Crippen LogP contribution in [0.15, 0.2) is 5.38 Å². The molecule has 1 aromatic rings. The lowest BCUT2D eigenvalue weighted by Gasteiger charge is -2.35. The van der Waals surface area contributed by atoms with Crippen molar-refractivity contribution in [1.82, 2.24) is 9.88 Å². The van der Waals surface area contributed by atoms with Gasteiger partial charge in [-0.1, -0.05) is 13.8 Å². The summed E-state index contributed by atoms with van der Waals surface area (Å²) in [4.78, 5) is 30.2. The van der Waals surface area contributed by atoms with Crippen molar-refractivity contribution in [2.45, 2.75) is 72.6 Å². The molecule has 1 aromatic heterocycles. The maximum Gasteiger partial charge on any atom is 0.410 e. The van der Waals surface area contributed by atoms with Gasteiger partial charge >= 0.3 is 12.1 Å². The SMILES string of the molecule is CCOC(=O)c1csc(C(O)CC(C(C)C)N(CC)C(=O)OC(C)(C)C)n1. The molecule has 1 rings (SSSR count). The van der Waals surface area contributed by atoms with Crippen LogP contribution < -0.4 is 0 Å². The molecule has 1 N–H and O–H groups in total. The summed E-state index contributed by atoms with van der Waals surface area (Å²) < 4.78 is 10.4. The molecule has 2 unspecified atom stereocenters. The van der Waals surface area contributed by atoms with Gasteiger partial charge < -0.3 is 19.5 Å². The summed E-state index contributed by atoms with van der Waals surface area (Å²) in [5, 5.41) is 12.7. The summed E-state index contributed by atoms with van der Waals surface area (Å²) in [7, 11) is 0. The zero-order valence-corrected chi connectivity index (χ0v) is 18.1. The van der Waals surface area contributed by atoms with Gasteiger partial charge in [-0.15, -0.1) is 11.3 Å². The van der Waals surface area contributed by atoms with E-state index in [1.165, 1.54) is 11.3 Å². The third-order valence-corrected chi connectivity index (χ3v) is 4.84. The first kappa shape index (κ1) is 23.4. The van der Waals surface area contributed by atoms with Crippen molar-refractivity contribution in [1.29, 1.82) is 0 Å². The molecule has 27 heavy (non-hydrogen) atoms. The van der Waals surface area contributed by atoms with E-state index in [2.05, 4.69) is 4.98 Å². The number of hydrogen-bond acceptors (Lipinski definition) is 7. The van der Waals surface area contributed by atoms with Gasteiger partial charge in [0.05, 0.1) is 6.61 Å². The molecule has 0 fully saturated rings. The van der Waals surface area contributed by atoms with E-state index in [1.807, 2.05) is 41.5 Å². The molecule has 0 spiro atoms. The number of aromatic nitrogens is 1. The van der Waals surface area contributed by atoms with Gasteiger partial charge in [-0.2, -0.15) is 0 Å². The number of ether oxygens (including phenoxy) is 2. The molecule has 0 aromatic carbocycles. The number of hydrogen-bond donors (Lipinski definition) is 1. The molecule has 1 heterocycles. The van der Waals surface area contributed by atoms with Crippen molar-refractivity contribution < 1.29 is 24.2 Å². The average Bonchev–Trinajstić information content (AvgIpc) is 3.03. The molecule has 7 nitrogen and oxygen atoms in total. The van der Waals surface area contributed by atoms with Gasteiger partial charge in [0.15, 0.2) is 5.69 Å². The van der Waals surface area contributed by atoms with Crippen molar-refractivity contribution in [3.8, 4) is 0 Å². The fourth-order valence-corrected chi connectivity index (χ4v) is 3.43. The van der Waals surface area contributed by atoms with Gasteiger partial charge in [0, 0.05) is 24.4 Å². The molecular formula is C19H32N2O5S. The third kappa shape index (κ3) is 7.10. The first-order chi connectivity index (χ1) is 12.5. The van der Waals surface area contributed by atoms with Crippen LogP contribution in [0.5, 0.6) is 0 Å². The quantitative estimate of drug-likeness (QED) is 0.663. The maximum absolute atomic E-state index is 12.6. The molecule has 2 atom stereocenters. The Morgan fingerprint density at radius 2 is 1.93 bits per heavy atom. The Labute approximate surface area is 165 Å². The van der Waals surface area contributed by atoms with Crippen LogP contribution in [-0.2, 0) is 9.47 Å². The largest absolute Gasteiger partial charge is 0.461 e. The molecule has 0 radical (unpaired) electrons. The van der Waals surface area contributed by atoms with E-state index in [-0.39, 0.29) is 24.3 Å². The molecule has 0 saturated carbocycles. The van der Waals surface area contributed by atoms with Crippen molar-refractivity contribution >= 4 is 23.4 Å². The maximum atomic E-state index is 12.6. The van der Waals surface area contributed by atoms with E-state index < -0.39 is 23.8 Å². The second kappa shape index (κ2) is 10.0. The Kier molecular flexibility index (Phi) is 8.68. The predicted octanol–water partition coefficient (Wildman–Crippen LogP) is 4.02. The topological polar surface area (TPSA) is 89.0 Å². The minimum atomic E-state index is -0.887. The van der Waals surface area contributed by atoms with E-state index in [1.54, 1.807) is 17.2 Å². The summed E-state index contributed by atoms with van der Waals surface area (Å²) in [5.74, 6) is -0.395. The number of nitrogens with zero attached hydrogens (tertiary/aromatic N) is 2. The number of aliphatic hydroxyl groups excluding tert-OH is 1. The van der Waals surface area contributed by atoms with Crippen LogP contribution in [-0.4, -0.2) is 51.8 Å². The number of amides is 1. The summed E-state index contributed by atoms with van der Waals surface area (Å²) in [6.07, 6.45) is -0.982. The fourth-order valence-electron chi connectivity index (χ4n) is 2.65. The smallest absolute Gasteiger partial charge is 0.410 e. The lowest BCUT2D eigenvalue weighted by molar-refractivity contribution is 0.00459. The Morgan fingerprint density at radius 3 is 2.41 bits per heavy atom. The minimum Gasteiger partial charge on any atom is -0.461 e. The first-order valence-electron chi connectivity index (χ1n) is 9.30. The molecule has 0 saturated heterocycles. The molecule has 154 valence electrons. The average molecular weight is 401 g/mol. The summed E-state index contributed by atoms with van der Waals surface area (Å²) in [6.45, 7) is 13.8. The minimum absolute atomic E-state index is 0.108. The highest BCUT2D eigenvalue weighted by molar-refractivity contribution is 7.09. The Bertz CT molecular complexity index is 624. The van der Waals surface area contributed by atoms with Crippen LogP contribution in [0, 0.1) is 5.92 Å². The lowest BCUT2D eigenvalue weighted by Crippen LogP contribution is -2.46. The predicted molar refractivity (Wildman–Crippen MR) is 105 cm³/mol. The van der Waals surface area contributed by atoms with E-state index in [4.69, 9.17) is 9.47 Å². The molecule has 0 aliphatic heterocycles. The van der Waals surface area contributed by atoms with Crippen LogP contribution in [0.3, 0.4) is 0 Å². The number of esters is 1. The Balaban J connectivity index is 2.92. The van der Waals surface area contributed by atoms with Gasteiger partial charge in [-0.05, 0) is 40.5 Å².